The first-order valence-electron chi connectivity index (χ1n) is 13.2. The Kier molecular flexibility index (Phi) is 9.76. The lowest BCUT2D eigenvalue weighted by Crippen LogP contribution is -2.53. The second-order valence-electron chi connectivity index (χ2n) is 10.6. The van der Waals surface area contributed by atoms with E-state index in [4.69, 9.17) is 4.74 Å². The maximum Gasteiger partial charge on any atom is 0.261 e. The van der Waals surface area contributed by atoms with Gasteiger partial charge in [0.1, 0.15) is 11.8 Å². The van der Waals surface area contributed by atoms with Gasteiger partial charge in [-0.2, -0.15) is 0 Å². The molecule has 0 aromatic heterocycles. The van der Waals surface area contributed by atoms with Crippen molar-refractivity contribution >= 4 is 11.8 Å². The quantitative estimate of drug-likeness (QED) is 0.479. The number of benzene rings is 2. The van der Waals surface area contributed by atoms with Crippen LogP contribution < -0.4 is 10.1 Å². The van der Waals surface area contributed by atoms with Gasteiger partial charge >= 0.3 is 0 Å². The molecule has 0 heterocycles. The van der Waals surface area contributed by atoms with Crippen LogP contribution in [0, 0.1) is 0 Å². The number of amides is 2. The summed E-state index contributed by atoms with van der Waals surface area (Å²) >= 11 is 0. The summed E-state index contributed by atoms with van der Waals surface area (Å²) in [5.41, 5.74) is 2.11. The highest BCUT2D eigenvalue weighted by Gasteiger charge is 2.30. The summed E-state index contributed by atoms with van der Waals surface area (Å²) < 4.78 is 6.06. The minimum atomic E-state index is -0.505. The monoisotopic (exact) mass is 478 g/mol. The van der Waals surface area contributed by atoms with Crippen molar-refractivity contribution < 1.29 is 14.3 Å². The molecular formula is C30H42N2O3. The fourth-order valence-corrected chi connectivity index (χ4v) is 4.87. The highest BCUT2D eigenvalue weighted by molar-refractivity contribution is 5.88. The molecule has 1 aliphatic carbocycles. The molecule has 0 spiro atoms. The summed E-state index contributed by atoms with van der Waals surface area (Å²) in [5, 5.41) is 3.23. The lowest BCUT2D eigenvalue weighted by molar-refractivity contribution is -0.142. The average molecular weight is 479 g/mol. The van der Waals surface area contributed by atoms with E-state index in [1.54, 1.807) is 4.90 Å². The van der Waals surface area contributed by atoms with Gasteiger partial charge in [-0.3, -0.25) is 9.59 Å². The Bertz CT molecular complexity index is 946. The van der Waals surface area contributed by atoms with Crippen molar-refractivity contribution in [3.63, 3.8) is 0 Å². The van der Waals surface area contributed by atoms with E-state index in [1.807, 2.05) is 49.4 Å². The standard InChI is InChI=1S/C30H42N2O3/c1-5-26(29(34)31-24-16-10-7-11-17-24)32(21-20-23-14-8-6-9-15-23)28(33)22-35-27-19-13-12-18-25(27)30(2,3)4/h6,8-9,12-15,18-19,24,26H,5,7,10-11,16-17,20-22H2,1-4H3,(H,31,34)/t26-/m0/s1. The predicted octanol–water partition coefficient (Wildman–Crippen LogP) is 5.66. The predicted molar refractivity (Wildman–Crippen MR) is 142 cm³/mol. The van der Waals surface area contributed by atoms with Crippen LogP contribution in [0.1, 0.15) is 77.3 Å². The summed E-state index contributed by atoms with van der Waals surface area (Å²) in [6.45, 7) is 8.76. The third-order valence-electron chi connectivity index (χ3n) is 6.87. The van der Waals surface area contributed by atoms with Crippen molar-refractivity contribution in [2.45, 2.75) is 90.1 Å². The summed E-state index contributed by atoms with van der Waals surface area (Å²) in [7, 11) is 0. The largest absolute Gasteiger partial charge is 0.483 e. The Morgan fingerprint density at radius 1 is 1.00 bits per heavy atom. The zero-order valence-corrected chi connectivity index (χ0v) is 21.9. The lowest BCUT2D eigenvalue weighted by Gasteiger charge is -2.33. The Labute approximate surface area is 211 Å². The van der Waals surface area contributed by atoms with Crippen molar-refractivity contribution in [2.24, 2.45) is 0 Å². The highest BCUT2D eigenvalue weighted by atomic mass is 16.5. The number of hydrogen-bond donors (Lipinski definition) is 1. The minimum absolute atomic E-state index is 0.0455. The number of ether oxygens (including phenoxy) is 1. The maximum absolute atomic E-state index is 13.5. The van der Waals surface area contributed by atoms with E-state index < -0.39 is 6.04 Å². The fourth-order valence-electron chi connectivity index (χ4n) is 4.87. The third kappa shape index (κ3) is 7.84. The minimum Gasteiger partial charge on any atom is -0.483 e. The van der Waals surface area contributed by atoms with Gasteiger partial charge in [-0.25, -0.2) is 0 Å². The van der Waals surface area contributed by atoms with Crippen LogP contribution in [0.3, 0.4) is 0 Å². The highest BCUT2D eigenvalue weighted by Crippen LogP contribution is 2.31. The van der Waals surface area contributed by atoms with Gasteiger partial charge in [-0.1, -0.05) is 95.5 Å². The zero-order chi connectivity index (χ0) is 25.3. The molecule has 0 aliphatic heterocycles. The van der Waals surface area contributed by atoms with E-state index in [1.165, 1.54) is 6.42 Å². The van der Waals surface area contributed by atoms with Gasteiger partial charge in [0.15, 0.2) is 6.61 Å². The molecule has 2 aromatic rings. The van der Waals surface area contributed by atoms with Gasteiger partial charge in [-0.15, -0.1) is 0 Å². The van der Waals surface area contributed by atoms with Crippen molar-refractivity contribution in [1.82, 2.24) is 10.2 Å². The number of hydrogen-bond acceptors (Lipinski definition) is 3. The van der Waals surface area contributed by atoms with Crippen LogP contribution in [0.25, 0.3) is 0 Å². The number of nitrogens with zero attached hydrogens (tertiary/aromatic N) is 1. The third-order valence-corrected chi connectivity index (χ3v) is 6.87. The molecule has 5 nitrogen and oxygen atoms in total. The van der Waals surface area contributed by atoms with Crippen molar-refractivity contribution in [3.8, 4) is 5.75 Å². The Morgan fingerprint density at radius 3 is 2.31 bits per heavy atom. The Morgan fingerprint density at radius 2 is 1.66 bits per heavy atom. The first-order chi connectivity index (χ1) is 16.8. The molecule has 0 unspecified atom stereocenters. The summed E-state index contributed by atoms with van der Waals surface area (Å²) in [5.74, 6) is 0.516. The van der Waals surface area contributed by atoms with Crippen LogP contribution in [0.5, 0.6) is 5.75 Å². The topological polar surface area (TPSA) is 58.6 Å². The number of rotatable bonds is 10. The Hall–Kier alpha value is -2.82. The van der Waals surface area contributed by atoms with Crippen molar-refractivity contribution in [1.29, 1.82) is 0 Å². The first kappa shape index (κ1) is 26.8. The number of nitrogens with one attached hydrogen (secondary N) is 1. The molecule has 1 saturated carbocycles. The molecule has 3 rings (SSSR count). The van der Waals surface area contributed by atoms with Gasteiger partial charge in [0.2, 0.25) is 5.91 Å². The second-order valence-corrected chi connectivity index (χ2v) is 10.6. The maximum atomic E-state index is 13.5. The number of para-hydroxylation sites is 1. The van der Waals surface area contributed by atoms with Gasteiger partial charge in [0.25, 0.3) is 5.91 Å². The van der Waals surface area contributed by atoms with Crippen LogP contribution in [-0.4, -0.2) is 41.9 Å². The average Bonchev–Trinajstić information content (AvgIpc) is 2.86. The zero-order valence-electron chi connectivity index (χ0n) is 21.9. The fraction of sp³-hybridized carbons (Fsp3) is 0.533. The van der Waals surface area contributed by atoms with Crippen LogP contribution in [-0.2, 0) is 21.4 Å². The van der Waals surface area contributed by atoms with Gasteiger partial charge < -0.3 is 15.0 Å². The normalized spacial score (nSPS) is 15.3. The second kappa shape index (κ2) is 12.8. The molecule has 1 N–H and O–H groups in total. The van der Waals surface area contributed by atoms with E-state index in [2.05, 4.69) is 38.2 Å². The SMILES string of the molecule is CC[C@@H](C(=O)NC1CCCCC1)N(CCc1ccccc1)C(=O)COc1ccccc1C(C)(C)C. The van der Waals surface area contributed by atoms with E-state index in [0.29, 0.717) is 19.4 Å². The van der Waals surface area contributed by atoms with Crippen LogP contribution in [0.2, 0.25) is 0 Å². The van der Waals surface area contributed by atoms with Gasteiger partial charge in [0, 0.05) is 12.6 Å². The van der Waals surface area contributed by atoms with E-state index in [0.717, 1.165) is 42.6 Å². The Balaban J connectivity index is 1.74. The molecule has 1 fully saturated rings. The van der Waals surface area contributed by atoms with Crippen LogP contribution in [0.4, 0.5) is 0 Å². The molecule has 0 radical (unpaired) electrons. The number of carbonyl (C=O) groups excluding carboxylic acids is 2. The van der Waals surface area contributed by atoms with Gasteiger partial charge in [-0.05, 0) is 48.3 Å². The van der Waals surface area contributed by atoms with Crippen LogP contribution in [0.15, 0.2) is 54.6 Å². The number of carbonyl (C=O) groups is 2. The molecule has 5 heteroatoms. The molecule has 0 bridgehead atoms. The molecule has 1 atom stereocenters. The molecule has 190 valence electrons. The molecule has 2 aromatic carbocycles. The van der Waals surface area contributed by atoms with E-state index in [9.17, 15) is 9.59 Å². The van der Waals surface area contributed by atoms with Crippen molar-refractivity contribution in [3.05, 3.63) is 65.7 Å². The van der Waals surface area contributed by atoms with E-state index >= 15 is 0 Å². The molecule has 2 amide bonds. The van der Waals surface area contributed by atoms with E-state index in [-0.39, 0.29) is 29.9 Å². The van der Waals surface area contributed by atoms with Crippen LogP contribution >= 0.6 is 0 Å². The summed E-state index contributed by atoms with van der Waals surface area (Å²) in [6, 6.07) is 17.7. The summed E-state index contributed by atoms with van der Waals surface area (Å²) in [4.78, 5) is 28.6. The molecule has 0 saturated heterocycles. The van der Waals surface area contributed by atoms with Gasteiger partial charge in [0.05, 0.1) is 0 Å². The first-order valence-corrected chi connectivity index (χ1v) is 13.2. The lowest BCUT2D eigenvalue weighted by atomic mass is 9.86. The smallest absolute Gasteiger partial charge is 0.261 e. The molecule has 35 heavy (non-hydrogen) atoms. The molecular weight excluding hydrogens is 436 g/mol. The van der Waals surface area contributed by atoms with Crippen molar-refractivity contribution in [2.75, 3.05) is 13.2 Å². The molecule has 1 aliphatic rings. The summed E-state index contributed by atoms with van der Waals surface area (Å²) in [6.07, 6.45) is 6.84.